The molecule has 0 aliphatic rings. The number of rotatable bonds is 12. The lowest BCUT2D eigenvalue weighted by atomic mass is 10.0. The molecule has 7 heterocycles. The highest BCUT2D eigenvalue weighted by molar-refractivity contribution is 6.17. The first kappa shape index (κ1) is 76.8. The van der Waals surface area contributed by atoms with Crippen LogP contribution in [-0.4, -0.2) is 32.4 Å². The molecule has 0 aliphatic heterocycles. The Hall–Kier alpha value is -17.7. The molecule has 7 aromatic heterocycles. The van der Waals surface area contributed by atoms with Crippen LogP contribution in [0.4, 0.5) is 0 Å². The molecule has 0 saturated carbocycles. The van der Waals surface area contributed by atoms with Gasteiger partial charge >= 0.3 is 0 Å². The number of nitrogens with zero attached hydrogens (tertiary/aromatic N) is 7. The van der Waals surface area contributed by atoms with Gasteiger partial charge in [-0.15, -0.1) is 0 Å². The van der Waals surface area contributed by atoms with Crippen LogP contribution in [0.2, 0.25) is 0 Å². The Balaban J connectivity index is 0.000000107. The van der Waals surface area contributed by atoms with E-state index in [2.05, 4.69) is 531 Å². The van der Waals surface area contributed by atoms with Gasteiger partial charge in [-0.05, 0) is 238 Å². The van der Waals surface area contributed by atoms with E-state index in [9.17, 15) is 0 Å². The van der Waals surface area contributed by atoms with E-state index in [0.29, 0.717) is 0 Å². The van der Waals surface area contributed by atoms with E-state index >= 15 is 0 Å². The Labute approximate surface area is 762 Å². The maximum atomic E-state index is 5.30. The molecule has 0 N–H and O–H groups in total. The van der Waals surface area contributed by atoms with Gasteiger partial charge in [-0.1, -0.05) is 322 Å². The Morgan fingerprint density at radius 2 is 0.303 bits per heavy atom. The number of hydrogen-bond acceptors (Lipinski definition) is 1. The zero-order valence-electron chi connectivity index (χ0n) is 72.1. The van der Waals surface area contributed by atoms with Crippen LogP contribution >= 0.6 is 0 Å². The van der Waals surface area contributed by atoms with Gasteiger partial charge in [-0.3, -0.25) is 4.57 Å². The van der Waals surface area contributed by atoms with Crippen LogP contribution < -0.4 is 0 Å². The third-order valence-corrected chi connectivity index (χ3v) is 26.5. The molecule has 0 saturated heterocycles. The van der Waals surface area contributed by atoms with E-state index in [0.717, 1.165) is 33.7 Å². The quantitative estimate of drug-likeness (QED) is 0.120. The molecule has 0 spiro atoms. The van der Waals surface area contributed by atoms with Crippen LogP contribution in [0.1, 0.15) is 0 Å². The van der Waals surface area contributed by atoms with Gasteiger partial charge < -0.3 is 22.8 Å². The molecule has 0 fully saturated rings. The lowest BCUT2D eigenvalue weighted by molar-refractivity contribution is 1.08. The normalized spacial score (nSPS) is 11.6. The smallest absolute Gasteiger partial charge is 0.138 e. The summed E-state index contributed by atoms with van der Waals surface area (Å²) >= 11 is 0. The van der Waals surface area contributed by atoms with E-state index in [1.807, 2.05) is 0 Å². The molecule has 0 radical (unpaired) electrons. The Bertz CT molecular complexity index is 8880. The summed E-state index contributed by atoms with van der Waals surface area (Å²) in [6, 6.07) is 181. The van der Waals surface area contributed by atoms with Gasteiger partial charge in [-0.25, -0.2) is 4.98 Å². The summed E-state index contributed by atoms with van der Waals surface area (Å²) in [6.07, 6.45) is 0. The van der Waals surface area contributed by atoms with Gasteiger partial charge in [-0.2, -0.15) is 0 Å². The molecule has 27 rings (SSSR count). The van der Waals surface area contributed by atoms with Crippen molar-refractivity contribution in [2.75, 3.05) is 0 Å². The van der Waals surface area contributed by atoms with Gasteiger partial charge in [0, 0.05) is 98.6 Å². The maximum absolute atomic E-state index is 5.30. The number of para-hydroxylation sites is 10. The van der Waals surface area contributed by atoms with Crippen molar-refractivity contribution in [1.29, 1.82) is 0 Å². The molecule has 7 heteroatoms. The van der Waals surface area contributed by atoms with E-state index in [1.165, 1.54) is 198 Å². The third-order valence-electron chi connectivity index (χ3n) is 26.5. The fourth-order valence-electron chi connectivity index (χ4n) is 20.5. The van der Waals surface area contributed by atoms with Crippen molar-refractivity contribution in [3.63, 3.8) is 0 Å². The number of pyridine rings is 1. The maximum Gasteiger partial charge on any atom is 0.138 e. The molecule has 0 bridgehead atoms. The molecule has 0 aliphatic carbocycles. The summed E-state index contributed by atoms with van der Waals surface area (Å²) in [4.78, 5) is 5.30. The van der Waals surface area contributed by atoms with E-state index in [1.54, 1.807) is 0 Å². The van der Waals surface area contributed by atoms with Crippen LogP contribution in [0.5, 0.6) is 0 Å². The predicted molar refractivity (Wildman–Crippen MR) is 556 cm³/mol. The first-order chi connectivity index (χ1) is 65.5. The van der Waals surface area contributed by atoms with Crippen molar-refractivity contribution in [3.8, 4) is 101 Å². The summed E-state index contributed by atoms with van der Waals surface area (Å²) in [5, 5.41) is 15.1. The Kier molecular flexibility index (Phi) is 18.8. The van der Waals surface area contributed by atoms with Crippen molar-refractivity contribution in [1.82, 2.24) is 32.4 Å². The second-order valence-electron chi connectivity index (χ2n) is 34.1. The summed E-state index contributed by atoms with van der Waals surface area (Å²) in [5.41, 5.74) is 34.4. The van der Waals surface area contributed by atoms with Gasteiger partial charge in [0.15, 0.2) is 0 Å². The molecule has 0 unspecified atom stereocenters. The number of benzene rings is 20. The van der Waals surface area contributed by atoms with Gasteiger partial charge in [0.05, 0.1) is 71.9 Å². The minimum absolute atomic E-state index is 0.902. The van der Waals surface area contributed by atoms with Crippen LogP contribution in [0.25, 0.3) is 232 Å². The molecule has 20 aromatic carbocycles. The molecule has 27 aromatic rings. The monoisotopic (exact) mass is 1680 g/mol. The van der Waals surface area contributed by atoms with E-state index in [-0.39, 0.29) is 0 Å². The Morgan fingerprint density at radius 1 is 0.114 bits per heavy atom. The van der Waals surface area contributed by atoms with E-state index < -0.39 is 0 Å². The molecule has 132 heavy (non-hydrogen) atoms. The van der Waals surface area contributed by atoms with Gasteiger partial charge in [0.1, 0.15) is 5.82 Å². The van der Waals surface area contributed by atoms with Gasteiger partial charge in [0.25, 0.3) is 0 Å². The van der Waals surface area contributed by atoms with Crippen molar-refractivity contribution in [2.45, 2.75) is 0 Å². The summed E-state index contributed by atoms with van der Waals surface area (Å²) in [7, 11) is 0. The largest absolute Gasteiger partial charge is 0.309 e. The average Bonchev–Trinajstić information content (AvgIpc) is 1.59. The lowest BCUT2D eigenvalue weighted by Gasteiger charge is -2.13. The summed E-state index contributed by atoms with van der Waals surface area (Å²) in [6.45, 7) is 0. The second kappa shape index (κ2) is 32.3. The van der Waals surface area contributed by atoms with E-state index in [4.69, 9.17) is 4.98 Å². The zero-order chi connectivity index (χ0) is 87.1. The minimum atomic E-state index is 0.902. The van der Waals surface area contributed by atoms with Crippen molar-refractivity contribution < 1.29 is 0 Å². The van der Waals surface area contributed by atoms with Crippen LogP contribution in [0.15, 0.2) is 504 Å². The van der Waals surface area contributed by atoms with Gasteiger partial charge in [0.2, 0.25) is 0 Å². The minimum Gasteiger partial charge on any atom is -0.309 e. The summed E-state index contributed by atoms with van der Waals surface area (Å²) < 4.78 is 14.2. The summed E-state index contributed by atoms with van der Waals surface area (Å²) in [5.74, 6) is 0.902. The third kappa shape index (κ3) is 13.2. The molecular weight excluding hydrogens is 1600 g/mol. The van der Waals surface area contributed by atoms with Crippen molar-refractivity contribution in [3.05, 3.63) is 504 Å². The van der Waals surface area contributed by atoms with Crippen molar-refractivity contribution >= 4 is 131 Å². The topological polar surface area (TPSA) is 42.5 Å². The second-order valence-corrected chi connectivity index (χ2v) is 34.1. The molecule has 618 valence electrons. The van der Waals surface area contributed by atoms with Crippen LogP contribution in [0, 0.1) is 0 Å². The molecule has 0 amide bonds. The predicted octanol–water partition coefficient (Wildman–Crippen LogP) is 33.0. The van der Waals surface area contributed by atoms with Crippen molar-refractivity contribution in [2.24, 2.45) is 0 Å². The average molecular weight is 1680 g/mol. The first-order valence-corrected chi connectivity index (χ1v) is 45.2. The first-order valence-electron chi connectivity index (χ1n) is 45.2. The van der Waals surface area contributed by atoms with Crippen LogP contribution in [0.3, 0.4) is 0 Å². The highest BCUT2D eigenvalue weighted by Crippen LogP contribution is 2.45. The fraction of sp³-hybridized carbons (Fsp3) is 0. The number of hydrogen-bond donors (Lipinski definition) is 0. The highest BCUT2D eigenvalue weighted by Gasteiger charge is 2.23. The Morgan fingerprint density at radius 3 is 0.576 bits per heavy atom. The molecule has 7 nitrogen and oxygen atoms in total. The fourth-order valence-corrected chi connectivity index (χ4v) is 20.5. The number of fused-ring (bicyclic) bond motifs is 18. The lowest BCUT2D eigenvalue weighted by Crippen LogP contribution is -2.00. The van der Waals surface area contributed by atoms with Crippen LogP contribution in [-0.2, 0) is 0 Å². The standard InChI is InChI=1S/C47H31N3.C42H28N2.C36H24N2/c1-4-14-32(15-5-1)36-30-42(33-16-6-2-7-17-33)48-47(31-36)50-44-23-13-11-21-39(44)41-29-35(25-27-46(41)50)34-24-26-45-40(28-34)38-20-10-12-22-43(38)49(45)37-18-8-3-9-19-37;1-3-11-29(12-4-1)30-19-23-34(24-20-30)44-40-18-10-8-16-36(40)38-28-32(22-26-42(38)44)31-21-25-41-37(27-31)35-15-7-9-17-39(35)43(41)33-13-5-2-6-14-33;1-3-11-27(12-4-1)37-33-17-9-7-15-29(33)31-23-25(19-21-35(31)37)26-20-22-36-32(24-26)30-16-8-10-18-34(30)38(36)28-13-5-2-6-14-28/h1-31H;1-28H;1-24H. The molecule has 0 atom stereocenters. The SMILES string of the molecule is c1ccc(-c2cc(-c3ccccc3)nc(-n3c4ccccc4c4cc(-c5ccc6c(c5)c5ccccc5n6-c5ccccc5)ccc43)c2)cc1.c1ccc(-c2ccc(-n3c4ccccc4c4cc(-c5ccc6c(c5)c5ccccc5n6-c5ccccc5)ccc43)cc2)cc1.c1ccc(-n2c3ccccc3c3cc(-c4ccc5c(c4)c4ccccc4n5-c4ccccc4)ccc32)cc1. The molecular formula is C125H83N7. The number of aromatic nitrogens is 7. The zero-order valence-corrected chi connectivity index (χ0v) is 72.1. The highest BCUT2D eigenvalue weighted by atomic mass is 15.1.